The molecular formula is C7H12N4O2S. The average Bonchev–Trinajstić information content (AvgIpc) is 2.50. The zero-order valence-electron chi connectivity index (χ0n) is 7.73. The van der Waals surface area contributed by atoms with Crippen LogP contribution in [0.15, 0.2) is 5.16 Å². The summed E-state index contributed by atoms with van der Waals surface area (Å²) >= 11 is 1.11. The van der Waals surface area contributed by atoms with Crippen molar-refractivity contribution in [3.8, 4) is 0 Å². The predicted octanol–water partition coefficient (Wildman–Crippen LogP) is 0.00722. The van der Waals surface area contributed by atoms with Gasteiger partial charge in [-0.05, 0) is 19.9 Å². The molecule has 1 rings (SSSR count). The van der Waals surface area contributed by atoms with Crippen molar-refractivity contribution in [3.05, 3.63) is 5.82 Å². The Kier molecular flexibility index (Phi) is 3.90. The Labute approximate surface area is 85.3 Å². The number of nitrogens with two attached hydrogens (primary N) is 1. The fourth-order valence-electron chi connectivity index (χ4n) is 0.886. The van der Waals surface area contributed by atoms with Gasteiger partial charge >= 0.3 is 5.97 Å². The molecule has 0 fully saturated rings. The smallest absolute Gasteiger partial charge is 0.317 e. The van der Waals surface area contributed by atoms with E-state index in [-0.39, 0.29) is 0 Å². The lowest BCUT2D eigenvalue weighted by atomic mass is 10.3. The van der Waals surface area contributed by atoms with Gasteiger partial charge in [0.1, 0.15) is 11.1 Å². The quantitative estimate of drug-likeness (QED) is 0.599. The Bertz CT molecular complexity index is 314. The number of thioether (sulfide) groups is 1. The molecule has 14 heavy (non-hydrogen) atoms. The summed E-state index contributed by atoms with van der Waals surface area (Å²) in [6, 6.07) is 0. The molecule has 0 aromatic carbocycles. The third kappa shape index (κ3) is 3.00. The SMILES string of the molecule is Cc1nc(SC(CCN)C(=O)O)n[nH]1. The molecule has 1 atom stereocenters. The summed E-state index contributed by atoms with van der Waals surface area (Å²) in [5.41, 5.74) is 5.30. The molecule has 1 unspecified atom stereocenters. The number of hydrogen-bond donors (Lipinski definition) is 3. The van der Waals surface area contributed by atoms with Crippen molar-refractivity contribution in [3.63, 3.8) is 0 Å². The second kappa shape index (κ2) is 4.97. The van der Waals surface area contributed by atoms with Gasteiger partial charge in [0.25, 0.3) is 0 Å². The molecule has 0 saturated carbocycles. The molecule has 1 heterocycles. The second-order valence-corrected chi connectivity index (χ2v) is 3.90. The minimum absolute atomic E-state index is 0.341. The van der Waals surface area contributed by atoms with Crippen molar-refractivity contribution in [1.82, 2.24) is 15.2 Å². The van der Waals surface area contributed by atoms with Gasteiger partial charge in [-0.1, -0.05) is 11.8 Å². The zero-order chi connectivity index (χ0) is 10.6. The minimum Gasteiger partial charge on any atom is -0.480 e. The summed E-state index contributed by atoms with van der Waals surface area (Å²) in [6.45, 7) is 2.10. The van der Waals surface area contributed by atoms with Crippen LogP contribution in [0.2, 0.25) is 0 Å². The van der Waals surface area contributed by atoms with Gasteiger partial charge in [0.05, 0.1) is 0 Å². The van der Waals surface area contributed by atoms with Crippen LogP contribution in [0.5, 0.6) is 0 Å². The van der Waals surface area contributed by atoms with Gasteiger partial charge in [-0.25, -0.2) is 4.98 Å². The van der Waals surface area contributed by atoms with Gasteiger partial charge in [-0.2, -0.15) is 0 Å². The Morgan fingerprint density at radius 2 is 2.50 bits per heavy atom. The standard InChI is InChI=1S/C7H12N4O2S/c1-4-9-7(11-10-4)14-5(2-3-8)6(12)13/h5H,2-3,8H2,1H3,(H,12,13)(H,9,10,11). The monoisotopic (exact) mass is 216 g/mol. The lowest BCUT2D eigenvalue weighted by molar-refractivity contribution is -0.136. The first-order chi connectivity index (χ1) is 6.63. The van der Waals surface area contributed by atoms with Gasteiger partial charge in [0.15, 0.2) is 0 Å². The normalized spacial score (nSPS) is 12.7. The maximum atomic E-state index is 10.8. The molecule has 0 radical (unpaired) electrons. The number of carboxylic acid groups (broad SMARTS) is 1. The van der Waals surface area contributed by atoms with Crippen molar-refractivity contribution in [2.75, 3.05) is 6.54 Å². The number of nitrogens with one attached hydrogen (secondary N) is 1. The molecule has 78 valence electrons. The van der Waals surface area contributed by atoms with Crippen LogP contribution in [-0.2, 0) is 4.79 Å². The largest absolute Gasteiger partial charge is 0.480 e. The molecule has 0 amide bonds. The van der Waals surface area contributed by atoms with E-state index in [0.717, 1.165) is 11.8 Å². The summed E-state index contributed by atoms with van der Waals surface area (Å²) < 4.78 is 0. The number of H-pyrrole nitrogens is 1. The van der Waals surface area contributed by atoms with Crippen LogP contribution in [0.25, 0.3) is 0 Å². The summed E-state index contributed by atoms with van der Waals surface area (Å²) in [5, 5.41) is 15.2. The topological polar surface area (TPSA) is 105 Å². The van der Waals surface area contributed by atoms with Crippen molar-refractivity contribution in [2.24, 2.45) is 5.73 Å². The summed E-state index contributed by atoms with van der Waals surface area (Å²) in [7, 11) is 0. The van der Waals surface area contributed by atoms with Crippen LogP contribution in [0.4, 0.5) is 0 Å². The first kappa shape index (κ1) is 11.0. The highest BCUT2D eigenvalue weighted by Crippen LogP contribution is 2.21. The van der Waals surface area contributed by atoms with Crippen LogP contribution in [-0.4, -0.2) is 38.1 Å². The first-order valence-corrected chi connectivity index (χ1v) is 5.00. The molecule has 0 aliphatic rings. The number of carbonyl (C=O) groups is 1. The molecule has 1 aromatic rings. The molecule has 0 bridgehead atoms. The first-order valence-electron chi connectivity index (χ1n) is 4.12. The number of aromatic nitrogens is 3. The molecule has 0 saturated heterocycles. The summed E-state index contributed by atoms with van der Waals surface area (Å²) in [6.07, 6.45) is 0.410. The van der Waals surface area contributed by atoms with E-state index in [4.69, 9.17) is 10.8 Å². The lowest BCUT2D eigenvalue weighted by Crippen LogP contribution is -2.20. The van der Waals surface area contributed by atoms with Crippen LogP contribution in [0.1, 0.15) is 12.2 Å². The molecule has 6 nitrogen and oxygen atoms in total. The minimum atomic E-state index is -0.886. The number of aryl methyl sites for hydroxylation is 1. The van der Waals surface area contributed by atoms with Crippen LogP contribution in [0.3, 0.4) is 0 Å². The molecule has 7 heteroatoms. The lowest BCUT2D eigenvalue weighted by Gasteiger charge is -2.06. The molecular weight excluding hydrogens is 204 g/mol. The van der Waals surface area contributed by atoms with Crippen molar-refractivity contribution >= 4 is 17.7 Å². The molecule has 0 spiro atoms. The van der Waals surface area contributed by atoms with Gasteiger partial charge in [0, 0.05) is 0 Å². The van der Waals surface area contributed by atoms with Crippen LogP contribution < -0.4 is 5.73 Å². The number of hydrogen-bond acceptors (Lipinski definition) is 5. The number of nitrogens with zero attached hydrogens (tertiary/aromatic N) is 2. The molecule has 0 aliphatic heterocycles. The molecule has 0 aliphatic carbocycles. The van der Waals surface area contributed by atoms with Crippen molar-refractivity contribution in [2.45, 2.75) is 23.8 Å². The van der Waals surface area contributed by atoms with E-state index in [2.05, 4.69) is 15.2 Å². The van der Waals surface area contributed by atoms with E-state index in [1.807, 2.05) is 0 Å². The fraction of sp³-hybridized carbons (Fsp3) is 0.571. The van der Waals surface area contributed by atoms with Gasteiger partial charge < -0.3 is 10.8 Å². The van der Waals surface area contributed by atoms with E-state index >= 15 is 0 Å². The summed E-state index contributed by atoms with van der Waals surface area (Å²) in [4.78, 5) is 14.8. The van der Waals surface area contributed by atoms with Gasteiger partial charge in [0.2, 0.25) is 5.16 Å². The van der Waals surface area contributed by atoms with Crippen molar-refractivity contribution in [1.29, 1.82) is 0 Å². The van der Waals surface area contributed by atoms with Crippen LogP contribution in [0, 0.1) is 6.92 Å². The fourth-order valence-corrected chi connectivity index (χ4v) is 1.78. The number of aliphatic carboxylic acids is 1. The highest BCUT2D eigenvalue weighted by atomic mass is 32.2. The van der Waals surface area contributed by atoms with E-state index in [1.165, 1.54) is 0 Å². The van der Waals surface area contributed by atoms with E-state index in [9.17, 15) is 4.79 Å². The van der Waals surface area contributed by atoms with E-state index in [0.29, 0.717) is 23.9 Å². The zero-order valence-corrected chi connectivity index (χ0v) is 8.54. The average molecular weight is 216 g/mol. The Hall–Kier alpha value is -1.08. The van der Waals surface area contributed by atoms with Gasteiger partial charge in [-0.15, -0.1) is 5.10 Å². The maximum Gasteiger partial charge on any atom is 0.317 e. The molecule has 1 aromatic heterocycles. The third-order valence-electron chi connectivity index (χ3n) is 1.53. The highest BCUT2D eigenvalue weighted by Gasteiger charge is 2.19. The number of aromatic amines is 1. The Balaban J connectivity index is 2.59. The molecule has 4 N–H and O–H groups in total. The highest BCUT2D eigenvalue weighted by molar-refractivity contribution is 8.00. The van der Waals surface area contributed by atoms with Gasteiger partial charge in [-0.3, -0.25) is 9.89 Å². The van der Waals surface area contributed by atoms with E-state index < -0.39 is 11.2 Å². The number of carboxylic acids is 1. The number of rotatable bonds is 5. The second-order valence-electron chi connectivity index (χ2n) is 2.73. The van der Waals surface area contributed by atoms with Crippen LogP contribution >= 0.6 is 11.8 Å². The third-order valence-corrected chi connectivity index (χ3v) is 2.64. The Morgan fingerprint density at radius 1 is 1.79 bits per heavy atom. The Morgan fingerprint density at radius 3 is 2.93 bits per heavy atom. The maximum absolute atomic E-state index is 10.8. The predicted molar refractivity (Wildman–Crippen MR) is 52.1 cm³/mol. The summed E-state index contributed by atoms with van der Waals surface area (Å²) in [5.74, 6) is -0.215. The van der Waals surface area contributed by atoms with Crippen molar-refractivity contribution < 1.29 is 9.90 Å². The van der Waals surface area contributed by atoms with E-state index in [1.54, 1.807) is 6.92 Å².